The molecule has 0 aliphatic rings. The molecule has 0 fully saturated rings. The molecule has 0 unspecified atom stereocenters. The number of carboxylic acid groups (broad SMARTS) is 1. The van der Waals surface area contributed by atoms with Crippen molar-refractivity contribution in [3.63, 3.8) is 0 Å². The number of aliphatic carboxylic acids is 1. The Balaban J connectivity index is 0. The van der Waals surface area contributed by atoms with Crippen LogP contribution in [0.2, 0.25) is 0 Å². The Hall–Kier alpha value is -0.570. The van der Waals surface area contributed by atoms with Gasteiger partial charge in [-0.05, 0) is 45.3 Å². The lowest BCUT2D eigenvalue weighted by atomic mass is 10.0. The highest BCUT2D eigenvalue weighted by atomic mass is 16.4. The summed E-state index contributed by atoms with van der Waals surface area (Å²) in [6.07, 6.45) is 60.9. The second-order valence-corrected chi connectivity index (χ2v) is 17.8. The predicted molar refractivity (Wildman–Crippen MR) is 250 cm³/mol. The lowest BCUT2D eigenvalue weighted by Crippen LogP contribution is -2.27. The predicted octanol–water partition coefficient (Wildman–Crippen LogP) is 18.6. The van der Waals surface area contributed by atoms with Crippen molar-refractivity contribution >= 4 is 5.97 Å². The van der Waals surface area contributed by atoms with Crippen molar-refractivity contribution in [1.29, 1.82) is 0 Å². The Morgan fingerprint density at radius 3 is 0.618 bits per heavy atom. The minimum Gasteiger partial charge on any atom is -0.481 e. The second-order valence-electron chi connectivity index (χ2n) is 17.8. The summed E-state index contributed by atoms with van der Waals surface area (Å²) in [5.41, 5.74) is 0. The SMILES string of the molecule is CCCCCCCCCCCCCCCC(=O)O.CCCCCCCCCCCCN(CCCCCCCCCCCC)CCCCCCCCCCCC. The van der Waals surface area contributed by atoms with E-state index in [0.717, 1.165) is 12.8 Å². The molecule has 0 aromatic carbocycles. The van der Waals surface area contributed by atoms with E-state index in [1.807, 2.05) is 0 Å². The Kier molecular flexibility index (Phi) is 54.9. The zero-order chi connectivity index (χ0) is 40.4. The molecule has 0 aromatic rings. The lowest BCUT2D eigenvalue weighted by Gasteiger charge is -2.22. The van der Waals surface area contributed by atoms with Gasteiger partial charge in [-0.25, -0.2) is 0 Å². The normalized spacial score (nSPS) is 11.4. The molecule has 0 saturated heterocycles. The van der Waals surface area contributed by atoms with Crippen LogP contribution in [0.25, 0.3) is 0 Å². The van der Waals surface area contributed by atoms with Crippen LogP contribution in [0, 0.1) is 0 Å². The van der Waals surface area contributed by atoms with Crippen LogP contribution in [0.5, 0.6) is 0 Å². The van der Waals surface area contributed by atoms with Crippen molar-refractivity contribution in [2.75, 3.05) is 19.6 Å². The molecule has 0 rings (SSSR count). The number of hydrogen-bond donors (Lipinski definition) is 1. The Labute approximate surface area is 349 Å². The van der Waals surface area contributed by atoms with Gasteiger partial charge in [0.1, 0.15) is 0 Å². The summed E-state index contributed by atoms with van der Waals surface area (Å²) in [5, 5.41) is 8.49. The first-order valence-corrected chi connectivity index (χ1v) is 26.1. The average molecular weight is 778 g/mol. The van der Waals surface area contributed by atoms with E-state index in [2.05, 4.69) is 32.6 Å². The summed E-state index contributed by atoms with van der Waals surface area (Å²) in [6.45, 7) is 13.3. The van der Waals surface area contributed by atoms with Gasteiger partial charge in [0.25, 0.3) is 0 Å². The van der Waals surface area contributed by atoms with Gasteiger partial charge in [0.15, 0.2) is 0 Å². The monoisotopic (exact) mass is 778 g/mol. The van der Waals surface area contributed by atoms with Crippen LogP contribution in [0.1, 0.15) is 310 Å². The summed E-state index contributed by atoms with van der Waals surface area (Å²) in [4.78, 5) is 13.1. The molecule has 0 radical (unpaired) electrons. The molecule has 0 aromatic heterocycles. The molecule has 0 saturated carbocycles. The molecule has 3 nitrogen and oxygen atoms in total. The zero-order valence-corrected chi connectivity index (χ0v) is 39.0. The van der Waals surface area contributed by atoms with Gasteiger partial charge in [-0.2, -0.15) is 0 Å². The van der Waals surface area contributed by atoms with E-state index in [4.69, 9.17) is 5.11 Å². The molecule has 0 aliphatic heterocycles. The fraction of sp³-hybridized carbons (Fsp3) is 0.981. The summed E-state index contributed by atoms with van der Waals surface area (Å²) >= 11 is 0. The van der Waals surface area contributed by atoms with Crippen LogP contribution in [-0.2, 0) is 4.79 Å². The highest BCUT2D eigenvalue weighted by Gasteiger charge is 2.05. The fourth-order valence-electron chi connectivity index (χ4n) is 8.10. The van der Waals surface area contributed by atoms with Gasteiger partial charge in [0.2, 0.25) is 0 Å². The van der Waals surface area contributed by atoms with Crippen molar-refractivity contribution in [3.05, 3.63) is 0 Å². The van der Waals surface area contributed by atoms with Gasteiger partial charge in [0, 0.05) is 6.42 Å². The smallest absolute Gasteiger partial charge is 0.303 e. The van der Waals surface area contributed by atoms with Crippen LogP contribution >= 0.6 is 0 Å². The third-order valence-corrected chi connectivity index (χ3v) is 12.0. The molecule has 55 heavy (non-hydrogen) atoms. The molecular formula is C52H107NO2. The average Bonchev–Trinajstić information content (AvgIpc) is 3.18. The van der Waals surface area contributed by atoms with Crippen molar-refractivity contribution < 1.29 is 9.90 Å². The van der Waals surface area contributed by atoms with Crippen molar-refractivity contribution in [1.82, 2.24) is 4.90 Å². The van der Waals surface area contributed by atoms with Crippen LogP contribution in [0.4, 0.5) is 0 Å². The number of rotatable bonds is 47. The maximum absolute atomic E-state index is 10.3. The van der Waals surface area contributed by atoms with E-state index in [0.29, 0.717) is 6.42 Å². The van der Waals surface area contributed by atoms with Crippen LogP contribution < -0.4 is 0 Å². The van der Waals surface area contributed by atoms with E-state index >= 15 is 0 Å². The summed E-state index contributed by atoms with van der Waals surface area (Å²) in [5.74, 6) is -0.655. The summed E-state index contributed by atoms with van der Waals surface area (Å²) < 4.78 is 0. The molecule has 0 amide bonds. The minimum atomic E-state index is -0.655. The molecular weight excluding hydrogens is 671 g/mol. The molecule has 0 heterocycles. The Bertz CT molecular complexity index is 609. The van der Waals surface area contributed by atoms with Gasteiger partial charge in [-0.1, -0.05) is 278 Å². The van der Waals surface area contributed by atoms with E-state index in [1.54, 1.807) is 0 Å². The van der Waals surface area contributed by atoms with Crippen LogP contribution in [-0.4, -0.2) is 35.6 Å². The topological polar surface area (TPSA) is 40.5 Å². The number of nitrogens with zero attached hydrogens (tertiary/aromatic N) is 1. The maximum atomic E-state index is 10.3. The molecule has 332 valence electrons. The highest BCUT2D eigenvalue weighted by Crippen LogP contribution is 2.16. The van der Waals surface area contributed by atoms with E-state index in [9.17, 15) is 4.79 Å². The molecule has 0 spiro atoms. The molecule has 0 bridgehead atoms. The third kappa shape index (κ3) is 55.6. The number of hydrogen-bond acceptors (Lipinski definition) is 2. The van der Waals surface area contributed by atoms with E-state index in [1.165, 1.54) is 283 Å². The number of carbonyl (C=O) groups is 1. The van der Waals surface area contributed by atoms with E-state index in [-0.39, 0.29) is 0 Å². The first kappa shape index (κ1) is 56.5. The minimum absolute atomic E-state index is 0.345. The highest BCUT2D eigenvalue weighted by molar-refractivity contribution is 5.66. The quantitative estimate of drug-likeness (QED) is 0.0626. The van der Waals surface area contributed by atoms with Gasteiger partial charge in [-0.3, -0.25) is 4.79 Å². The molecule has 3 heteroatoms. The van der Waals surface area contributed by atoms with Gasteiger partial charge in [0.05, 0.1) is 0 Å². The lowest BCUT2D eigenvalue weighted by molar-refractivity contribution is -0.137. The first-order chi connectivity index (χ1) is 27.1. The van der Waals surface area contributed by atoms with Crippen molar-refractivity contribution in [3.8, 4) is 0 Å². The zero-order valence-electron chi connectivity index (χ0n) is 39.0. The maximum Gasteiger partial charge on any atom is 0.303 e. The Morgan fingerprint density at radius 2 is 0.436 bits per heavy atom. The van der Waals surface area contributed by atoms with E-state index < -0.39 is 5.97 Å². The fourth-order valence-corrected chi connectivity index (χ4v) is 8.10. The number of unbranched alkanes of at least 4 members (excludes halogenated alkanes) is 39. The molecule has 0 aliphatic carbocycles. The summed E-state index contributed by atoms with van der Waals surface area (Å²) in [6, 6.07) is 0. The van der Waals surface area contributed by atoms with Crippen LogP contribution in [0.15, 0.2) is 0 Å². The van der Waals surface area contributed by atoms with Gasteiger partial charge >= 0.3 is 5.97 Å². The third-order valence-electron chi connectivity index (χ3n) is 12.0. The second kappa shape index (κ2) is 53.4. The Morgan fingerprint density at radius 1 is 0.273 bits per heavy atom. The van der Waals surface area contributed by atoms with Crippen LogP contribution in [0.3, 0.4) is 0 Å². The molecule has 1 N–H and O–H groups in total. The van der Waals surface area contributed by atoms with Gasteiger partial charge < -0.3 is 10.0 Å². The first-order valence-electron chi connectivity index (χ1n) is 26.1. The summed E-state index contributed by atoms with van der Waals surface area (Å²) in [7, 11) is 0. The van der Waals surface area contributed by atoms with Gasteiger partial charge in [-0.15, -0.1) is 0 Å². The number of carboxylic acids is 1. The largest absolute Gasteiger partial charge is 0.481 e. The van der Waals surface area contributed by atoms with Crippen molar-refractivity contribution in [2.45, 2.75) is 310 Å². The molecule has 0 atom stereocenters. The van der Waals surface area contributed by atoms with Crippen molar-refractivity contribution in [2.24, 2.45) is 0 Å². The standard InChI is InChI=1S/C36H75N.C16H32O2/c1-4-7-10-13-16-19-22-25-28-31-34-37(35-32-29-26-23-20-17-14-11-8-5-2)36-33-30-27-24-21-18-15-12-9-6-3;1-2-3-4-5-6-7-8-9-10-11-12-13-14-15-16(17)18/h4-36H2,1-3H3;2-15H2,1H3,(H,17,18).